The van der Waals surface area contributed by atoms with Crippen LogP contribution in [-0.2, 0) is 27.4 Å². The van der Waals surface area contributed by atoms with Gasteiger partial charge in [-0.25, -0.2) is 0 Å². The molecule has 24 heavy (non-hydrogen) atoms. The summed E-state index contributed by atoms with van der Waals surface area (Å²) in [7, 11) is 0. The third-order valence-electron chi connectivity index (χ3n) is 4.62. The van der Waals surface area contributed by atoms with Crippen LogP contribution in [0.5, 0.6) is 0 Å². The smallest absolute Gasteiger partial charge is 0.103 e. The zero-order chi connectivity index (χ0) is 16.2. The van der Waals surface area contributed by atoms with Crippen molar-refractivity contribution in [3.8, 4) is 0 Å². The minimum Gasteiger partial charge on any atom is -0.370 e. The van der Waals surface area contributed by atoms with Crippen molar-refractivity contribution in [3.63, 3.8) is 0 Å². The van der Waals surface area contributed by atoms with Gasteiger partial charge in [0.05, 0.1) is 25.4 Å². The van der Waals surface area contributed by atoms with E-state index in [4.69, 9.17) is 14.2 Å². The van der Waals surface area contributed by atoms with E-state index in [-0.39, 0.29) is 24.4 Å². The average molecular weight is 322 g/mol. The van der Waals surface area contributed by atoms with Crippen LogP contribution in [0, 0.1) is 0 Å². The Hall–Kier alpha value is -1.94. The molecule has 0 aliphatic carbocycles. The van der Waals surface area contributed by atoms with Gasteiger partial charge >= 0.3 is 0 Å². The van der Waals surface area contributed by atoms with E-state index in [2.05, 4.69) is 36.4 Å². The van der Waals surface area contributed by atoms with Gasteiger partial charge in [-0.1, -0.05) is 72.8 Å². The molecule has 0 saturated carbocycles. The number of hydrogen-bond donors (Lipinski definition) is 0. The molecule has 4 atom stereocenters. The summed E-state index contributed by atoms with van der Waals surface area (Å²) in [6.07, 6.45) is 5.29. The Morgan fingerprint density at radius 3 is 1.62 bits per heavy atom. The van der Waals surface area contributed by atoms with Crippen LogP contribution in [0.2, 0.25) is 0 Å². The number of hydrogen-bond acceptors (Lipinski definition) is 3. The van der Waals surface area contributed by atoms with Crippen LogP contribution >= 0.6 is 0 Å². The van der Waals surface area contributed by atoms with Crippen LogP contribution in [0.3, 0.4) is 0 Å². The third-order valence-corrected chi connectivity index (χ3v) is 4.62. The maximum atomic E-state index is 6.13. The number of fused-ring (bicyclic) bond motifs is 2. The normalized spacial score (nSPS) is 28.2. The molecule has 0 N–H and O–H groups in total. The summed E-state index contributed by atoms with van der Waals surface area (Å²) in [5, 5.41) is 0. The van der Waals surface area contributed by atoms with Crippen LogP contribution in [0.1, 0.15) is 17.5 Å². The van der Waals surface area contributed by atoms with Crippen LogP contribution < -0.4 is 0 Å². The maximum Gasteiger partial charge on any atom is 0.103 e. The van der Waals surface area contributed by atoms with Gasteiger partial charge in [0, 0.05) is 6.42 Å². The maximum absolute atomic E-state index is 6.13. The number of rotatable bonds is 6. The van der Waals surface area contributed by atoms with Crippen LogP contribution in [0.4, 0.5) is 0 Å². The second-order valence-corrected chi connectivity index (χ2v) is 6.36. The van der Waals surface area contributed by atoms with Gasteiger partial charge in [-0.15, -0.1) is 0 Å². The van der Waals surface area contributed by atoms with Crippen molar-refractivity contribution in [1.29, 1.82) is 0 Å². The minimum atomic E-state index is 0.0426. The molecule has 0 amide bonds. The summed E-state index contributed by atoms with van der Waals surface area (Å²) in [4.78, 5) is 0. The van der Waals surface area contributed by atoms with Crippen LogP contribution in [0.15, 0.2) is 72.8 Å². The molecule has 124 valence electrons. The lowest BCUT2D eigenvalue weighted by Gasteiger charge is -2.35. The highest BCUT2D eigenvalue weighted by Gasteiger charge is 2.40. The Morgan fingerprint density at radius 2 is 1.17 bits per heavy atom. The first kappa shape index (κ1) is 15.6. The highest BCUT2D eigenvalue weighted by Crippen LogP contribution is 2.32. The van der Waals surface area contributed by atoms with E-state index in [0.29, 0.717) is 13.2 Å². The molecule has 1 fully saturated rings. The first-order chi connectivity index (χ1) is 11.9. The molecule has 4 rings (SSSR count). The first-order valence-electron chi connectivity index (χ1n) is 8.53. The second-order valence-electron chi connectivity index (χ2n) is 6.36. The van der Waals surface area contributed by atoms with Gasteiger partial charge in [0.15, 0.2) is 0 Å². The van der Waals surface area contributed by atoms with Crippen molar-refractivity contribution in [1.82, 2.24) is 0 Å². The second kappa shape index (κ2) is 7.31. The van der Waals surface area contributed by atoms with Crippen LogP contribution in [-0.4, -0.2) is 24.4 Å². The Balaban J connectivity index is 1.35. The number of benzene rings is 2. The van der Waals surface area contributed by atoms with Gasteiger partial charge in [-0.05, 0) is 11.1 Å². The fraction of sp³-hybridized carbons (Fsp3) is 0.333. The van der Waals surface area contributed by atoms with E-state index in [0.717, 1.165) is 6.42 Å². The Bertz CT molecular complexity index is 610. The lowest BCUT2D eigenvalue weighted by molar-refractivity contribution is -0.165. The molecule has 0 aromatic heterocycles. The molecule has 3 heteroatoms. The quantitative estimate of drug-likeness (QED) is 0.755. The standard InChI is InChI=1S/C21H22O3/c1-3-7-16(8-4-1)14-22-20-13-21(19-12-11-18(20)24-19)23-15-17-9-5-2-6-10-17/h1-12,18-21H,13-15H2/t18-,19+,20-,21+. The molecule has 0 spiro atoms. The SMILES string of the molecule is C1=C[C@H]2O[C@@H]1[C@@H](OCc1ccccc1)C[C@H]2OCc1ccccc1. The summed E-state index contributed by atoms with van der Waals surface area (Å²) in [5.74, 6) is 0. The van der Waals surface area contributed by atoms with Crippen molar-refractivity contribution >= 4 is 0 Å². The molecule has 1 saturated heterocycles. The molecule has 0 unspecified atom stereocenters. The lowest BCUT2D eigenvalue weighted by Crippen LogP contribution is -2.44. The summed E-state index contributed by atoms with van der Waals surface area (Å²) in [5.41, 5.74) is 2.37. The highest BCUT2D eigenvalue weighted by atomic mass is 16.6. The number of ether oxygens (including phenoxy) is 3. The molecule has 3 nitrogen and oxygen atoms in total. The van der Waals surface area contributed by atoms with E-state index in [1.807, 2.05) is 36.4 Å². The van der Waals surface area contributed by atoms with Gasteiger partial charge in [-0.2, -0.15) is 0 Å². The predicted octanol–water partition coefficient (Wildman–Crippen LogP) is 3.88. The van der Waals surface area contributed by atoms with Crippen molar-refractivity contribution in [3.05, 3.63) is 83.9 Å². The zero-order valence-electron chi connectivity index (χ0n) is 13.6. The van der Waals surface area contributed by atoms with Crippen molar-refractivity contribution < 1.29 is 14.2 Å². The minimum absolute atomic E-state index is 0.0426. The molecule has 2 aromatic rings. The fourth-order valence-corrected chi connectivity index (χ4v) is 3.29. The zero-order valence-corrected chi connectivity index (χ0v) is 13.6. The monoisotopic (exact) mass is 322 g/mol. The Labute approximate surface area is 142 Å². The molecule has 2 heterocycles. The van der Waals surface area contributed by atoms with Crippen molar-refractivity contribution in [2.45, 2.75) is 44.1 Å². The molecule has 2 aromatic carbocycles. The van der Waals surface area contributed by atoms with E-state index in [1.165, 1.54) is 11.1 Å². The molecule has 2 bridgehead atoms. The fourth-order valence-electron chi connectivity index (χ4n) is 3.29. The molecular weight excluding hydrogens is 300 g/mol. The molecule has 2 aliphatic heterocycles. The summed E-state index contributed by atoms with van der Waals surface area (Å²) >= 11 is 0. The summed E-state index contributed by atoms with van der Waals surface area (Å²) < 4.78 is 18.3. The Morgan fingerprint density at radius 1 is 0.708 bits per heavy atom. The summed E-state index contributed by atoms with van der Waals surface area (Å²) in [6.45, 7) is 1.21. The van der Waals surface area contributed by atoms with E-state index < -0.39 is 0 Å². The van der Waals surface area contributed by atoms with Gasteiger partial charge in [-0.3, -0.25) is 0 Å². The highest BCUT2D eigenvalue weighted by molar-refractivity contribution is 5.16. The van der Waals surface area contributed by atoms with E-state index in [9.17, 15) is 0 Å². The lowest BCUT2D eigenvalue weighted by atomic mass is 10.0. The van der Waals surface area contributed by atoms with Crippen molar-refractivity contribution in [2.24, 2.45) is 0 Å². The van der Waals surface area contributed by atoms with E-state index in [1.54, 1.807) is 0 Å². The summed E-state index contributed by atoms with van der Waals surface area (Å²) in [6, 6.07) is 20.5. The predicted molar refractivity (Wildman–Crippen MR) is 92.5 cm³/mol. The molecule has 0 radical (unpaired) electrons. The average Bonchev–Trinajstić information content (AvgIpc) is 3.07. The van der Waals surface area contributed by atoms with Gasteiger partial charge in [0.1, 0.15) is 12.2 Å². The molecule has 2 aliphatic rings. The van der Waals surface area contributed by atoms with Gasteiger partial charge in [0.25, 0.3) is 0 Å². The van der Waals surface area contributed by atoms with Crippen LogP contribution in [0.25, 0.3) is 0 Å². The van der Waals surface area contributed by atoms with E-state index >= 15 is 0 Å². The third kappa shape index (κ3) is 3.59. The van der Waals surface area contributed by atoms with Gasteiger partial charge in [0.2, 0.25) is 0 Å². The molecular formula is C21H22O3. The topological polar surface area (TPSA) is 27.7 Å². The largest absolute Gasteiger partial charge is 0.370 e. The van der Waals surface area contributed by atoms with Gasteiger partial charge < -0.3 is 14.2 Å². The first-order valence-corrected chi connectivity index (χ1v) is 8.53. The Kier molecular flexibility index (Phi) is 4.74. The van der Waals surface area contributed by atoms with Crippen molar-refractivity contribution in [2.75, 3.05) is 0 Å².